The number of para-hydroxylation sites is 1. The van der Waals surface area contributed by atoms with Crippen LogP contribution < -0.4 is 26.8 Å². The summed E-state index contributed by atoms with van der Waals surface area (Å²) in [5, 5.41) is 11.5. The van der Waals surface area contributed by atoms with Gasteiger partial charge in [-0.1, -0.05) is 24.6 Å². The highest BCUT2D eigenvalue weighted by molar-refractivity contribution is 6.36. The van der Waals surface area contributed by atoms with Gasteiger partial charge in [0, 0.05) is 36.2 Å². The van der Waals surface area contributed by atoms with Crippen molar-refractivity contribution in [2.45, 2.75) is 82.8 Å². The molecule has 3 aromatic rings. The molecule has 0 radical (unpaired) electrons. The molecule has 4 unspecified atom stereocenters. The van der Waals surface area contributed by atoms with Gasteiger partial charge < -0.3 is 30.3 Å². The first-order valence-corrected chi connectivity index (χ1v) is 16.4. The Bertz CT molecular complexity index is 1790. The second-order valence-electron chi connectivity index (χ2n) is 13.3. The van der Waals surface area contributed by atoms with Crippen molar-refractivity contribution in [3.8, 4) is 0 Å². The van der Waals surface area contributed by atoms with Crippen LogP contribution in [0.25, 0.3) is 11.0 Å². The van der Waals surface area contributed by atoms with E-state index in [0.29, 0.717) is 28.9 Å². The Labute approximate surface area is 272 Å². The number of likely N-dealkylation sites (N-methyl/N-ethyl adjacent to an activating group) is 1. The zero-order chi connectivity index (χ0) is 33.3. The van der Waals surface area contributed by atoms with Crippen molar-refractivity contribution in [3.05, 3.63) is 64.3 Å². The third kappa shape index (κ3) is 6.45. The Morgan fingerprint density at radius 1 is 1.06 bits per heavy atom. The molecule has 248 valence electrons. The van der Waals surface area contributed by atoms with Crippen molar-refractivity contribution in [1.29, 1.82) is 0 Å². The highest BCUT2D eigenvalue weighted by Crippen LogP contribution is 2.56. The summed E-state index contributed by atoms with van der Waals surface area (Å²) in [5.41, 5.74) is 0.201. The van der Waals surface area contributed by atoms with E-state index in [9.17, 15) is 28.8 Å². The van der Waals surface area contributed by atoms with Crippen molar-refractivity contribution in [3.63, 3.8) is 0 Å². The van der Waals surface area contributed by atoms with Gasteiger partial charge in [-0.15, -0.1) is 0 Å². The average Bonchev–Trinajstić information content (AvgIpc) is 3.40. The fourth-order valence-corrected chi connectivity index (χ4v) is 8.29. The maximum atomic E-state index is 13.5. The summed E-state index contributed by atoms with van der Waals surface area (Å²) >= 11 is 0. The first-order chi connectivity index (χ1) is 22.6. The molecular formula is C35H41N5O7. The second-order valence-corrected chi connectivity index (χ2v) is 13.3. The predicted octanol–water partition coefficient (Wildman–Crippen LogP) is 3.21. The first kappa shape index (κ1) is 32.2. The van der Waals surface area contributed by atoms with Gasteiger partial charge in [0.2, 0.25) is 17.6 Å². The number of aryl methyl sites for hydroxylation is 1. The van der Waals surface area contributed by atoms with Gasteiger partial charge in [0.15, 0.2) is 5.76 Å². The molecule has 2 aromatic heterocycles. The van der Waals surface area contributed by atoms with Gasteiger partial charge in [-0.25, -0.2) is 0 Å². The molecule has 12 nitrogen and oxygen atoms in total. The fourth-order valence-electron chi connectivity index (χ4n) is 8.29. The Kier molecular flexibility index (Phi) is 9.03. The van der Waals surface area contributed by atoms with Gasteiger partial charge in [0.1, 0.15) is 23.9 Å². The van der Waals surface area contributed by atoms with E-state index in [0.717, 1.165) is 31.1 Å². The lowest BCUT2D eigenvalue weighted by Crippen LogP contribution is -2.63. The molecule has 4 bridgehead atoms. The Morgan fingerprint density at radius 2 is 1.87 bits per heavy atom. The van der Waals surface area contributed by atoms with Crippen molar-refractivity contribution in [2.75, 3.05) is 12.4 Å². The lowest BCUT2D eigenvalue weighted by atomic mass is 9.51. The number of carbonyl (C=O) groups excluding carboxylic acids is 5. The van der Waals surface area contributed by atoms with Crippen LogP contribution >= 0.6 is 0 Å². The molecular weight excluding hydrogens is 602 g/mol. The van der Waals surface area contributed by atoms with E-state index < -0.39 is 35.1 Å². The minimum absolute atomic E-state index is 0.00430. The predicted molar refractivity (Wildman–Crippen MR) is 174 cm³/mol. The molecule has 1 aromatic carbocycles. The molecule has 12 heteroatoms. The molecule has 47 heavy (non-hydrogen) atoms. The summed E-state index contributed by atoms with van der Waals surface area (Å²) in [7, 11) is 1.32. The maximum absolute atomic E-state index is 13.5. The minimum Gasteiger partial charge on any atom is -0.451 e. The van der Waals surface area contributed by atoms with Gasteiger partial charge >= 0.3 is 0 Å². The van der Waals surface area contributed by atoms with E-state index in [1.807, 2.05) is 12.1 Å². The smallest absolute Gasteiger partial charge is 0.287 e. The molecule has 4 saturated carbocycles. The number of nitrogens with zero attached hydrogens (tertiary/aromatic N) is 1. The molecule has 5 atom stereocenters. The molecule has 2 heterocycles. The number of hydrogen-bond acceptors (Lipinski definition) is 7. The summed E-state index contributed by atoms with van der Waals surface area (Å²) in [6.45, 7) is 1.52. The summed E-state index contributed by atoms with van der Waals surface area (Å²) in [6.07, 6.45) is 8.84. The third-order valence-corrected chi connectivity index (χ3v) is 10.4. The molecule has 0 saturated heterocycles. The van der Waals surface area contributed by atoms with Gasteiger partial charge in [0.05, 0.1) is 0 Å². The summed E-state index contributed by atoms with van der Waals surface area (Å²) in [4.78, 5) is 77.7. The molecule has 0 spiro atoms. The van der Waals surface area contributed by atoms with Crippen LogP contribution in [-0.4, -0.2) is 52.6 Å². The standard InChI is InChI=1S/C35H41N5O7/c1-20-23-8-3-4-10-28(23)47-30(20)33(45)37-25(13-14-27(41)32(44)36-2)31(43)38-26-9-6-16-40(34(26)46)19-29(42)39-35-15-5-7-22-17-21(18-35)11-12-24(22)35/h3-4,6,8-10,16,21-22,24-25H,5,7,11-15,17-19H2,1-2H3,(H,36,44)(H,37,45)(H,38,43)(H,39,42)/t21?,22?,24?,25-,35?/m0/s1. The minimum atomic E-state index is -1.29. The summed E-state index contributed by atoms with van der Waals surface area (Å²) in [6, 6.07) is 8.79. The van der Waals surface area contributed by atoms with E-state index in [-0.39, 0.29) is 42.3 Å². The molecule has 4 amide bonds. The van der Waals surface area contributed by atoms with Crippen LogP contribution in [0.4, 0.5) is 5.69 Å². The number of ketones is 1. The quantitative estimate of drug-likeness (QED) is 0.233. The Balaban J connectivity index is 1.16. The maximum Gasteiger partial charge on any atom is 0.287 e. The largest absolute Gasteiger partial charge is 0.451 e. The number of anilines is 1. The fraction of sp³-hybridized carbons (Fsp3) is 0.486. The number of nitrogens with one attached hydrogen (secondary N) is 4. The van der Waals surface area contributed by atoms with Crippen molar-refractivity contribution in [1.82, 2.24) is 20.5 Å². The van der Waals surface area contributed by atoms with Gasteiger partial charge in [-0.3, -0.25) is 28.8 Å². The van der Waals surface area contributed by atoms with E-state index in [1.165, 1.54) is 43.1 Å². The normalized spacial score (nSPS) is 23.5. The second kappa shape index (κ2) is 13.2. The number of pyridine rings is 1. The topological polar surface area (TPSA) is 169 Å². The molecule has 0 aliphatic heterocycles. The third-order valence-electron chi connectivity index (χ3n) is 10.4. The van der Waals surface area contributed by atoms with Crippen LogP contribution in [0.5, 0.6) is 0 Å². The van der Waals surface area contributed by atoms with Crippen molar-refractivity contribution < 1.29 is 28.4 Å². The number of fused-ring (bicyclic) bond motifs is 2. The van der Waals surface area contributed by atoms with Crippen LogP contribution in [-0.2, 0) is 25.7 Å². The molecule has 7 rings (SSSR count). The number of aromatic nitrogens is 1. The van der Waals surface area contributed by atoms with Crippen molar-refractivity contribution >= 4 is 46.1 Å². The SMILES string of the molecule is CNC(=O)C(=O)CC[C@H](NC(=O)c1oc2ccccc2c1C)C(=O)Nc1cccn(CC(=O)NC23CCCC4CC(CCC42)C3)c1=O. The van der Waals surface area contributed by atoms with Crippen LogP contribution in [0, 0.1) is 24.7 Å². The number of carbonyl (C=O) groups is 5. The first-order valence-electron chi connectivity index (χ1n) is 16.4. The van der Waals surface area contributed by atoms with E-state index in [2.05, 4.69) is 21.3 Å². The number of hydrogen-bond donors (Lipinski definition) is 4. The number of amides is 4. The molecule has 4 aliphatic carbocycles. The van der Waals surface area contributed by atoms with Gasteiger partial charge in [-0.05, 0) is 87.8 Å². The molecule has 4 aliphatic rings. The van der Waals surface area contributed by atoms with Crippen LogP contribution in [0.3, 0.4) is 0 Å². The Morgan fingerprint density at radius 3 is 2.64 bits per heavy atom. The highest BCUT2D eigenvalue weighted by atomic mass is 16.3. The molecule has 4 N–H and O–H groups in total. The number of rotatable bonds is 11. The lowest BCUT2D eigenvalue weighted by Gasteiger charge is -2.58. The zero-order valence-electron chi connectivity index (χ0n) is 26.7. The zero-order valence-corrected chi connectivity index (χ0v) is 26.7. The molecule has 4 fully saturated rings. The number of Topliss-reactive ketones (excluding diaryl/α,β-unsaturated/α-hetero) is 1. The van der Waals surface area contributed by atoms with Crippen LogP contribution in [0.15, 0.2) is 51.8 Å². The monoisotopic (exact) mass is 643 g/mol. The Hall–Kier alpha value is -4.74. The van der Waals surface area contributed by atoms with Crippen molar-refractivity contribution in [2.24, 2.45) is 17.8 Å². The van der Waals surface area contributed by atoms with E-state index in [1.54, 1.807) is 25.1 Å². The van der Waals surface area contributed by atoms with Crippen LogP contribution in [0.2, 0.25) is 0 Å². The van der Waals surface area contributed by atoms with Crippen LogP contribution in [0.1, 0.15) is 73.9 Å². The van der Waals surface area contributed by atoms with E-state index in [4.69, 9.17) is 4.42 Å². The summed E-state index contributed by atoms with van der Waals surface area (Å²) in [5.74, 6) is -1.47. The van der Waals surface area contributed by atoms with Gasteiger partial charge in [-0.2, -0.15) is 0 Å². The number of benzene rings is 1. The highest BCUT2D eigenvalue weighted by Gasteiger charge is 2.54. The lowest BCUT2D eigenvalue weighted by molar-refractivity contribution is -0.137. The van der Waals surface area contributed by atoms with Gasteiger partial charge in [0.25, 0.3) is 17.4 Å². The summed E-state index contributed by atoms with van der Waals surface area (Å²) < 4.78 is 7.00. The average molecular weight is 644 g/mol. The number of furan rings is 1. The van der Waals surface area contributed by atoms with E-state index >= 15 is 0 Å².